The van der Waals surface area contributed by atoms with Gasteiger partial charge in [0.15, 0.2) is 0 Å². The number of anilines is 1. The lowest BCUT2D eigenvalue weighted by Gasteiger charge is -2.31. The Hall–Kier alpha value is -1.75. The molecule has 0 aliphatic carbocycles. The maximum Gasteiger partial charge on any atom is 0.414 e. The first-order valence-electron chi connectivity index (χ1n) is 6.71. The highest BCUT2D eigenvalue weighted by Crippen LogP contribution is 2.31. The number of piperidine rings is 1. The van der Waals surface area contributed by atoms with Gasteiger partial charge in [-0.05, 0) is 56.1 Å². The largest absolute Gasteiger partial charge is 0.508 e. The van der Waals surface area contributed by atoms with Crippen molar-refractivity contribution in [3.05, 3.63) is 24.3 Å². The number of nitrogens with zero attached hydrogens (tertiary/aromatic N) is 1. The summed E-state index contributed by atoms with van der Waals surface area (Å²) in [7, 11) is 0. The summed E-state index contributed by atoms with van der Waals surface area (Å²) in [6.07, 6.45) is 1.85. The Morgan fingerprint density at radius 3 is 2.58 bits per heavy atom. The van der Waals surface area contributed by atoms with Crippen LogP contribution in [0.5, 0.6) is 5.75 Å². The van der Waals surface area contributed by atoms with Crippen molar-refractivity contribution in [2.24, 2.45) is 5.92 Å². The highest BCUT2D eigenvalue weighted by atomic mass is 16.6. The summed E-state index contributed by atoms with van der Waals surface area (Å²) >= 11 is 0. The number of rotatable bonds is 2. The first kappa shape index (κ1) is 12.3. The minimum Gasteiger partial charge on any atom is -0.508 e. The lowest BCUT2D eigenvalue weighted by molar-refractivity contribution is 0.174. The molecule has 2 saturated heterocycles. The monoisotopic (exact) mass is 262 g/mol. The van der Waals surface area contributed by atoms with E-state index >= 15 is 0 Å². The number of hydrogen-bond acceptors (Lipinski definition) is 4. The van der Waals surface area contributed by atoms with Crippen molar-refractivity contribution in [1.29, 1.82) is 0 Å². The molecule has 3 rings (SSSR count). The molecule has 102 valence electrons. The summed E-state index contributed by atoms with van der Waals surface area (Å²) < 4.78 is 5.22. The number of aromatic hydroxyl groups is 1. The van der Waals surface area contributed by atoms with Crippen LogP contribution in [-0.2, 0) is 4.74 Å². The molecule has 0 bridgehead atoms. The number of ether oxygens (including phenoxy) is 1. The molecule has 2 fully saturated rings. The average molecular weight is 262 g/mol. The number of benzene rings is 1. The minimum absolute atomic E-state index is 0.110. The fraction of sp³-hybridized carbons (Fsp3) is 0.500. The first-order chi connectivity index (χ1) is 9.25. The fourth-order valence-electron chi connectivity index (χ4n) is 2.92. The first-order valence-corrected chi connectivity index (χ1v) is 6.71. The van der Waals surface area contributed by atoms with Crippen LogP contribution in [-0.4, -0.2) is 36.9 Å². The highest BCUT2D eigenvalue weighted by Gasteiger charge is 2.39. The van der Waals surface area contributed by atoms with Gasteiger partial charge in [-0.3, -0.25) is 4.90 Å². The van der Waals surface area contributed by atoms with Gasteiger partial charge in [-0.25, -0.2) is 4.79 Å². The van der Waals surface area contributed by atoms with Crippen LogP contribution in [0.15, 0.2) is 24.3 Å². The summed E-state index contributed by atoms with van der Waals surface area (Å²) in [5.41, 5.74) is 0.795. The molecule has 19 heavy (non-hydrogen) atoms. The smallest absolute Gasteiger partial charge is 0.414 e. The van der Waals surface area contributed by atoms with E-state index in [-0.39, 0.29) is 17.9 Å². The van der Waals surface area contributed by atoms with Gasteiger partial charge in [-0.15, -0.1) is 0 Å². The lowest BCUT2D eigenvalue weighted by atomic mass is 9.90. The fourth-order valence-corrected chi connectivity index (χ4v) is 2.92. The Morgan fingerprint density at radius 2 is 1.89 bits per heavy atom. The second-order valence-corrected chi connectivity index (χ2v) is 5.12. The van der Waals surface area contributed by atoms with Crippen molar-refractivity contribution in [2.45, 2.75) is 18.9 Å². The zero-order valence-electron chi connectivity index (χ0n) is 10.7. The zero-order valence-corrected chi connectivity index (χ0v) is 10.7. The second-order valence-electron chi connectivity index (χ2n) is 5.12. The average Bonchev–Trinajstić information content (AvgIpc) is 2.83. The normalized spacial score (nSPS) is 24.5. The Bertz CT molecular complexity index is 454. The number of phenolic OH excluding ortho intramolecular Hbond substituents is 1. The van der Waals surface area contributed by atoms with Gasteiger partial charge in [-0.1, -0.05) is 0 Å². The molecule has 5 heteroatoms. The summed E-state index contributed by atoms with van der Waals surface area (Å²) in [6.45, 7) is 2.46. The SMILES string of the molecule is O=C1OCC(C2CCNCC2)N1c1ccc(O)cc1. The summed E-state index contributed by atoms with van der Waals surface area (Å²) in [5, 5.41) is 12.7. The van der Waals surface area contributed by atoms with E-state index in [1.54, 1.807) is 29.2 Å². The third kappa shape index (κ3) is 2.38. The molecule has 0 saturated carbocycles. The van der Waals surface area contributed by atoms with Gasteiger partial charge in [0.1, 0.15) is 12.4 Å². The molecule has 1 amide bonds. The van der Waals surface area contributed by atoms with Crippen molar-refractivity contribution in [3.63, 3.8) is 0 Å². The lowest BCUT2D eigenvalue weighted by Crippen LogP contribution is -2.43. The predicted molar refractivity (Wildman–Crippen MR) is 71.3 cm³/mol. The van der Waals surface area contributed by atoms with E-state index in [0.717, 1.165) is 31.6 Å². The third-order valence-corrected chi connectivity index (χ3v) is 3.96. The number of nitrogens with one attached hydrogen (secondary N) is 1. The van der Waals surface area contributed by atoms with Gasteiger partial charge < -0.3 is 15.2 Å². The van der Waals surface area contributed by atoms with E-state index in [0.29, 0.717) is 12.5 Å². The molecule has 1 aromatic carbocycles. The van der Waals surface area contributed by atoms with Gasteiger partial charge in [0.05, 0.1) is 6.04 Å². The number of hydrogen-bond donors (Lipinski definition) is 2. The van der Waals surface area contributed by atoms with E-state index in [2.05, 4.69) is 5.32 Å². The van der Waals surface area contributed by atoms with Crippen molar-refractivity contribution in [1.82, 2.24) is 5.32 Å². The molecule has 0 spiro atoms. The molecule has 5 nitrogen and oxygen atoms in total. The van der Waals surface area contributed by atoms with E-state index in [1.807, 2.05) is 0 Å². The van der Waals surface area contributed by atoms with Crippen LogP contribution in [0.3, 0.4) is 0 Å². The summed E-state index contributed by atoms with van der Waals surface area (Å²) in [6, 6.07) is 6.83. The van der Waals surface area contributed by atoms with Crippen LogP contribution in [0.2, 0.25) is 0 Å². The van der Waals surface area contributed by atoms with Crippen LogP contribution >= 0.6 is 0 Å². The number of amides is 1. The Balaban J connectivity index is 1.83. The molecule has 0 aromatic heterocycles. The Morgan fingerprint density at radius 1 is 1.21 bits per heavy atom. The van der Waals surface area contributed by atoms with Crippen LogP contribution in [0.1, 0.15) is 12.8 Å². The van der Waals surface area contributed by atoms with Crippen molar-refractivity contribution in [2.75, 3.05) is 24.6 Å². The predicted octanol–water partition coefficient (Wildman–Crippen LogP) is 1.72. The van der Waals surface area contributed by atoms with Crippen LogP contribution in [0, 0.1) is 5.92 Å². The standard InChI is InChI=1S/C14H18N2O3/c17-12-3-1-11(2-4-12)16-13(9-19-14(16)18)10-5-7-15-8-6-10/h1-4,10,13,15,17H,5-9H2. The molecule has 1 atom stereocenters. The van der Waals surface area contributed by atoms with Crippen LogP contribution in [0.4, 0.5) is 10.5 Å². The van der Waals surface area contributed by atoms with Gasteiger partial charge in [0.25, 0.3) is 0 Å². The van der Waals surface area contributed by atoms with Crippen LogP contribution < -0.4 is 10.2 Å². The molecule has 1 unspecified atom stereocenters. The van der Waals surface area contributed by atoms with Gasteiger partial charge in [0.2, 0.25) is 0 Å². The Labute approximate surface area is 112 Å². The molecule has 2 N–H and O–H groups in total. The number of cyclic esters (lactones) is 1. The maximum atomic E-state index is 11.9. The zero-order chi connectivity index (χ0) is 13.2. The highest BCUT2D eigenvalue weighted by molar-refractivity contribution is 5.90. The molecule has 2 heterocycles. The van der Waals surface area contributed by atoms with E-state index < -0.39 is 0 Å². The van der Waals surface area contributed by atoms with Gasteiger partial charge in [0, 0.05) is 5.69 Å². The van der Waals surface area contributed by atoms with Gasteiger partial charge in [-0.2, -0.15) is 0 Å². The van der Waals surface area contributed by atoms with Crippen molar-refractivity contribution in [3.8, 4) is 5.75 Å². The minimum atomic E-state index is -0.283. The van der Waals surface area contributed by atoms with E-state index in [9.17, 15) is 9.90 Å². The second kappa shape index (κ2) is 5.09. The third-order valence-electron chi connectivity index (χ3n) is 3.96. The molecule has 2 aliphatic heterocycles. The number of carbonyl (C=O) groups excluding carboxylic acids is 1. The summed E-state index contributed by atoms with van der Waals surface area (Å²) in [5.74, 6) is 0.677. The number of carbonyl (C=O) groups is 1. The van der Waals surface area contributed by atoms with Gasteiger partial charge >= 0.3 is 6.09 Å². The maximum absolute atomic E-state index is 11.9. The van der Waals surface area contributed by atoms with Crippen molar-refractivity contribution < 1.29 is 14.6 Å². The molecular weight excluding hydrogens is 244 g/mol. The molecule has 2 aliphatic rings. The van der Waals surface area contributed by atoms with E-state index in [4.69, 9.17) is 4.74 Å². The quantitative estimate of drug-likeness (QED) is 0.852. The Kier molecular flexibility index (Phi) is 3.29. The van der Waals surface area contributed by atoms with Crippen molar-refractivity contribution >= 4 is 11.8 Å². The molecule has 0 radical (unpaired) electrons. The van der Waals surface area contributed by atoms with Crippen LogP contribution in [0.25, 0.3) is 0 Å². The topological polar surface area (TPSA) is 61.8 Å². The molecule has 1 aromatic rings. The summed E-state index contributed by atoms with van der Waals surface area (Å²) in [4.78, 5) is 13.7. The molecular formula is C14H18N2O3. The number of phenols is 1. The van der Waals surface area contributed by atoms with E-state index in [1.165, 1.54) is 0 Å².